The molecule has 1 heterocycles. The highest BCUT2D eigenvalue weighted by Crippen LogP contribution is 2.34. The van der Waals surface area contributed by atoms with E-state index in [1.165, 1.54) is 0 Å². The van der Waals surface area contributed by atoms with Gasteiger partial charge in [-0.25, -0.2) is 0 Å². The summed E-state index contributed by atoms with van der Waals surface area (Å²) in [6.07, 6.45) is 0. The van der Waals surface area contributed by atoms with Gasteiger partial charge in [-0.1, -0.05) is 11.3 Å². The number of thioether (sulfide) groups is 1. The highest BCUT2D eigenvalue weighted by atomic mass is 32.2. The fourth-order valence-corrected chi connectivity index (χ4v) is 3.41. The maximum atomic E-state index is 11.9. The number of amides is 1. The van der Waals surface area contributed by atoms with Crippen LogP contribution in [0.25, 0.3) is 0 Å². The van der Waals surface area contributed by atoms with Gasteiger partial charge in [0.25, 0.3) is 0 Å². The normalized spacial score (nSPS) is 10.2. The highest BCUT2D eigenvalue weighted by Gasteiger charge is 2.16. The maximum absolute atomic E-state index is 11.9. The van der Waals surface area contributed by atoms with E-state index in [-0.39, 0.29) is 16.7 Å². The number of anilines is 1. The van der Waals surface area contributed by atoms with Crippen molar-refractivity contribution in [1.82, 2.24) is 0 Å². The summed E-state index contributed by atoms with van der Waals surface area (Å²) in [5.41, 5.74) is 0.661. The van der Waals surface area contributed by atoms with E-state index in [0.717, 1.165) is 28.8 Å². The molecule has 0 unspecified atom stereocenters. The van der Waals surface area contributed by atoms with Gasteiger partial charge in [-0.2, -0.15) is 0 Å². The molecule has 1 amide bonds. The second-order valence-electron chi connectivity index (χ2n) is 4.14. The fraction of sp³-hybridized carbons (Fsp3) is 0.214. The van der Waals surface area contributed by atoms with Gasteiger partial charge >= 0.3 is 5.00 Å². The Morgan fingerprint density at radius 3 is 2.73 bits per heavy atom. The van der Waals surface area contributed by atoms with Gasteiger partial charge in [0.2, 0.25) is 5.91 Å². The van der Waals surface area contributed by atoms with Gasteiger partial charge in [-0.3, -0.25) is 14.9 Å². The molecule has 0 aliphatic rings. The predicted octanol–water partition coefficient (Wildman–Crippen LogP) is 3.79. The number of nitro groups is 1. The predicted molar refractivity (Wildman–Crippen MR) is 87.9 cm³/mol. The summed E-state index contributed by atoms with van der Waals surface area (Å²) in [6.45, 7) is 2.48. The Morgan fingerprint density at radius 1 is 1.36 bits per heavy atom. The Hall–Kier alpha value is -2.06. The van der Waals surface area contributed by atoms with E-state index in [4.69, 9.17) is 4.74 Å². The largest absolute Gasteiger partial charge is 0.494 e. The zero-order chi connectivity index (χ0) is 15.9. The van der Waals surface area contributed by atoms with Crippen molar-refractivity contribution in [3.63, 3.8) is 0 Å². The third-order valence-corrected chi connectivity index (χ3v) is 4.62. The maximum Gasteiger partial charge on any atom is 0.337 e. The lowest BCUT2D eigenvalue weighted by Crippen LogP contribution is -2.13. The zero-order valence-corrected chi connectivity index (χ0v) is 13.4. The van der Waals surface area contributed by atoms with Gasteiger partial charge in [0.05, 0.1) is 22.2 Å². The van der Waals surface area contributed by atoms with Crippen molar-refractivity contribution >= 4 is 39.7 Å². The van der Waals surface area contributed by atoms with Crippen molar-refractivity contribution in [2.45, 2.75) is 11.8 Å². The van der Waals surface area contributed by atoms with Crippen LogP contribution in [0.4, 0.5) is 10.7 Å². The molecule has 2 aromatic rings. The molecule has 2 rings (SSSR count). The smallest absolute Gasteiger partial charge is 0.337 e. The molecule has 8 heteroatoms. The molecule has 0 fully saturated rings. The summed E-state index contributed by atoms with van der Waals surface area (Å²) in [7, 11) is 0. The topological polar surface area (TPSA) is 81.5 Å². The minimum Gasteiger partial charge on any atom is -0.494 e. The molecule has 116 valence electrons. The van der Waals surface area contributed by atoms with Crippen LogP contribution in [-0.4, -0.2) is 23.2 Å². The first-order valence-electron chi connectivity index (χ1n) is 6.47. The molecular weight excluding hydrogens is 324 g/mol. The molecule has 22 heavy (non-hydrogen) atoms. The Bertz CT molecular complexity index is 655. The summed E-state index contributed by atoms with van der Waals surface area (Å²) >= 11 is 2.21. The minimum atomic E-state index is -0.433. The van der Waals surface area contributed by atoms with Gasteiger partial charge in [0.1, 0.15) is 5.75 Å². The average molecular weight is 338 g/mol. The van der Waals surface area contributed by atoms with Crippen LogP contribution in [0.15, 0.2) is 40.6 Å². The number of rotatable bonds is 7. The fourth-order valence-electron chi connectivity index (χ4n) is 1.67. The number of carbonyl (C=O) groups is 1. The first-order chi connectivity index (χ1) is 10.6. The SMILES string of the molecule is CCOc1ccc(NC(=O)CSc2ccsc2[N+](=O)[O-])cc1. The molecule has 0 aliphatic carbocycles. The Kier molecular flexibility index (Phi) is 5.79. The minimum absolute atomic E-state index is 0.0684. The summed E-state index contributed by atoms with van der Waals surface area (Å²) in [4.78, 5) is 22.7. The van der Waals surface area contributed by atoms with Crippen LogP contribution in [-0.2, 0) is 4.79 Å². The molecule has 0 radical (unpaired) electrons. The van der Waals surface area contributed by atoms with Crippen molar-refractivity contribution in [1.29, 1.82) is 0 Å². The molecule has 0 aliphatic heterocycles. The lowest BCUT2D eigenvalue weighted by molar-refractivity contribution is -0.382. The van der Waals surface area contributed by atoms with E-state index in [1.807, 2.05) is 6.92 Å². The molecule has 0 spiro atoms. The van der Waals surface area contributed by atoms with Gasteiger partial charge in [-0.05, 0) is 42.6 Å². The molecule has 0 saturated heterocycles. The number of hydrogen-bond acceptors (Lipinski definition) is 6. The third-order valence-electron chi connectivity index (χ3n) is 2.58. The van der Waals surface area contributed by atoms with E-state index >= 15 is 0 Å². The lowest BCUT2D eigenvalue weighted by atomic mass is 10.3. The molecule has 6 nitrogen and oxygen atoms in total. The second kappa shape index (κ2) is 7.81. The highest BCUT2D eigenvalue weighted by molar-refractivity contribution is 8.00. The van der Waals surface area contributed by atoms with Gasteiger partial charge in [0, 0.05) is 5.69 Å². The summed E-state index contributed by atoms with van der Waals surface area (Å²) in [5, 5.41) is 15.2. The second-order valence-corrected chi connectivity index (χ2v) is 6.05. The molecular formula is C14H14N2O4S2. The van der Waals surface area contributed by atoms with Crippen LogP contribution in [0.1, 0.15) is 6.92 Å². The van der Waals surface area contributed by atoms with Crippen molar-refractivity contribution in [3.8, 4) is 5.75 Å². The number of carbonyl (C=O) groups excluding carboxylic acids is 1. The van der Waals surface area contributed by atoms with Crippen LogP contribution in [0.5, 0.6) is 5.75 Å². The first-order valence-corrected chi connectivity index (χ1v) is 8.34. The molecule has 0 saturated carbocycles. The molecule has 0 atom stereocenters. The number of nitrogens with one attached hydrogen (secondary N) is 1. The zero-order valence-electron chi connectivity index (χ0n) is 11.8. The van der Waals surface area contributed by atoms with E-state index in [1.54, 1.807) is 35.7 Å². The number of benzene rings is 1. The molecule has 1 N–H and O–H groups in total. The van der Waals surface area contributed by atoms with E-state index in [2.05, 4.69) is 5.32 Å². The van der Waals surface area contributed by atoms with Crippen molar-refractivity contribution in [3.05, 3.63) is 45.8 Å². The van der Waals surface area contributed by atoms with Gasteiger partial charge < -0.3 is 10.1 Å². The van der Waals surface area contributed by atoms with Crippen LogP contribution in [0.2, 0.25) is 0 Å². The van der Waals surface area contributed by atoms with Crippen molar-refractivity contribution in [2.75, 3.05) is 17.7 Å². The summed E-state index contributed by atoms with van der Waals surface area (Å²) in [6, 6.07) is 8.70. The van der Waals surface area contributed by atoms with Crippen LogP contribution in [0.3, 0.4) is 0 Å². The van der Waals surface area contributed by atoms with Gasteiger partial charge in [-0.15, -0.1) is 11.8 Å². The quantitative estimate of drug-likeness (QED) is 0.472. The van der Waals surface area contributed by atoms with Crippen molar-refractivity contribution < 1.29 is 14.5 Å². The van der Waals surface area contributed by atoms with E-state index in [0.29, 0.717) is 17.2 Å². The molecule has 1 aromatic heterocycles. The Labute approximate surface area is 135 Å². The molecule has 1 aromatic carbocycles. The summed E-state index contributed by atoms with van der Waals surface area (Å²) in [5.74, 6) is 0.642. The van der Waals surface area contributed by atoms with Crippen molar-refractivity contribution in [2.24, 2.45) is 0 Å². The third kappa shape index (κ3) is 4.47. The number of nitrogens with zero attached hydrogens (tertiary/aromatic N) is 1. The van der Waals surface area contributed by atoms with Crippen LogP contribution < -0.4 is 10.1 Å². The average Bonchev–Trinajstić information content (AvgIpc) is 2.96. The Balaban J connectivity index is 1.87. The first kappa shape index (κ1) is 16.3. The molecule has 0 bridgehead atoms. The van der Waals surface area contributed by atoms with Crippen LogP contribution >= 0.6 is 23.1 Å². The number of ether oxygens (including phenoxy) is 1. The monoisotopic (exact) mass is 338 g/mol. The number of hydrogen-bond donors (Lipinski definition) is 1. The van der Waals surface area contributed by atoms with E-state index in [9.17, 15) is 14.9 Å². The van der Waals surface area contributed by atoms with Gasteiger partial charge in [0.15, 0.2) is 0 Å². The van der Waals surface area contributed by atoms with E-state index < -0.39 is 4.92 Å². The Morgan fingerprint density at radius 2 is 2.09 bits per heavy atom. The van der Waals surface area contributed by atoms with Crippen LogP contribution in [0, 0.1) is 10.1 Å². The standard InChI is InChI=1S/C14H14N2O4S2/c1-2-20-11-5-3-10(4-6-11)15-13(17)9-22-12-7-8-21-14(12)16(18)19/h3-8H,2,9H2,1H3,(H,15,17). The number of thiophene rings is 1. The summed E-state index contributed by atoms with van der Waals surface area (Å²) < 4.78 is 5.32. The lowest BCUT2D eigenvalue weighted by Gasteiger charge is -2.06.